The van der Waals surface area contributed by atoms with Crippen LogP contribution in [0.15, 0.2) is 35.9 Å². The van der Waals surface area contributed by atoms with E-state index in [1.165, 1.54) is 25.3 Å². The normalized spacial score (nSPS) is 10.8. The Hall–Kier alpha value is -2.84. The summed E-state index contributed by atoms with van der Waals surface area (Å²) in [6, 6.07) is 8.83. The number of nitriles is 1. The fraction of sp³-hybridized carbons (Fsp3) is 0.158. The number of rotatable bonds is 7. The van der Waals surface area contributed by atoms with Crippen LogP contribution in [0.4, 0.5) is 11.4 Å². The van der Waals surface area contributed by atoms with Gasteiger partial charge in [-0.15, -0.1) is 0 Å². The average molecular weight is 528 g/mol. The van der Waals surface area contributed by atoms with E-state index >= 15 is 0 Å². The van der Waals surface area contributed by atoms with Gasteiger partial charge in [-0.3, -0.25) is 14.9 Å². The van der Waals surface area contributed by atoms with Crippen LogP contribution in [0.1, 0.15) is 12.5 Å². The molecular formula is C19H15ClIN3O5. The topological polar surface area (TPSA) is 114 Å². The Balaban J connectivity index is 2.36. The molecule has 0 unspecified atom stereocenters. The van der Waals surface area contributed by atoms with Crippen molar-refractivity contribution in [3.05, 3.63) is 60.2 Å². The zero-order valence-corrected chi connectivity index (χ0v) is 18.3. The Bertz CT molecular complexity index is 1030. The van der Waals surface area contributed by atoms with Crippen LogP contribution in [0.3, 0.4) is 0 Å². The summed E-state index contributed by atoms with van der Waals surface area (Å²) in [4.78, 5) is 22.8. The molecule has 150 valence electrons. The number of nitrogens with one attached hydrogen (secondary N) is 1. The highest BCUT2D eigenvalue weighted by Crippen LogP contribution is 2.34. The molecular weight excluding hydrogens is 513 g/mol. The summed E-state index contributed by atoms with van der Waals surface area (Å²) in [6.07, 6.45) is 1.38. The van der Waals surface area contributed by atoms with Gasteiger partial charge in [0.05, 0.1) is 32.9 Å². The highest BCUT2D eigenvalue weighted by molar-refractivity contribution is 14.1. The molecule has 29 heavy (non-hydrogen) atoms. The van der Waals surface area contributed by atoms with Crippen LogP contribution in [0, 0.1) is 25.0 Å². The molecule has 0 aromatic heterocycles. The van der Waals surface area contributed by atoms with Gasteiger partial charge < -0.3 is 14.8 Å². The van der Waals surface area contributed by atoms with Gasteiger partial charge in [0.25, 0.3) is 11.6 Å². The third-order valence-electron chi connectivity index (χ3n) is 3.63. The fourth-order valence-electron chi connectivity index (χ4n) is 2.34. The first kappa shape index (κ1) is 22.4. The molecule has 1 amide bonds. The van der Waals surface area contributed by atoms with Gasteiger partial charge in [-0.1, -0.05) is 11.6 Å². The van der Waals surface area contributed by atoms with Crippen LogP contribution < -0.4 is 14.8 Å². The number of nitrogens with zero attached hydrogens (tertiary/aromatic N) is 2. The molecule has 0 aliphatic carbocycles. The largest absolute Gasteiger partial charge is 0.493 e. The average Bonchev–Trinajstić information content (AvgIpc) is 2.69. The summed E-state index contributed by atoms with van der Waals surface area (Å²) in [7, 11) is 1.49. The van der Waals surface area contributed by atoms with Crippen molar-refractivity contribution in [1.82, 2.24) is 0 Å². The summed E-state index contributed by atoms with van der Waals surface area (Å²) >= 11 is 8.06. The van der Waals surface area contributed by atoms with Gasteiger partial charge in [0, 0.05) is 12.1 Å². The highest BCUT2D eigenvalue weighted by Gasteiger charge is 2.16. The van der Waals surface area contributed by atoms with Gasteiger partial charge in [-0.2, -0.15) is 5.26 Å². The number of carbonyl (C=O) groups excluding carboxylic acids is 1. The predicted octanol–water partition coefficient (Wildman–Crippen LogP) is 4.81. The molecule has 0 saturated heterocycles. The monoisotopic (exact) mass is 527 g/mol. The molecule has 2 rings (SSSR count). The fourth-order valence-corrected chi connectivity index (χ4v) is 3.28. The number of non-ortho nitro benzene ring substituents is 1. The van der Waals surface area contributed by atoms with Crippen molar-refractivity contribution in [3.63, 3.8) is 0 Å². The second-order valence-electron chi connectivity index (χ2n) is 5.51. The number of nitro benzene ring substituents is 1. The third-order valence-corrected chi connectivity index (χ3v) is 4.76. The van der Waals surface area contributed by atoms with Crippen LogP contribution in [0.25, 0.3) is 6.08 Å². The van der Waals surface area contributed by atoms with Crippen LogP contribution in [0.5, 0.6) is 11.5 Å². The summed E-state index contributed by atoms with van der Waals surface area (Å²) in [6.45, 7) is 2.30. The summed E-state index contributed by atoms with van der Waals surface area (Å²) in [5, 5.41) is 22.9. The number of amides is 1. The summed E-state index contributed by atoms with van der Waals surface area (Å²) < 4.78 is 11.6. The molecule has 0 spiro atoms. The lowest BCUT2D eigenvalue weighted by atomic mass is 10.1. The highest BCUT2D eigenvalue weighted by atomic mass is 127. The van der Waals surface area contributed by atoms with E-state index in [9.17, 15) is 20.2 Å². The van der Waals surface area contributed by atoms with E-state index in [0.29, 0.717) is 23.7 Å². The van der Waals surface area contributed by atoms with E-state index in [4.69, 9.17) is 21.1 Å². The van der Waals surface area contributed by atoms with Crippen molar-refractivity contribution in [2.75, 3.05) is 19.0 Å². The molecule has 10 heteroatoms. The molecule has 0 heterocycles. The lowest BCUT2D eigenvalue weighted by molar-refractivity contribution is -0.384. The van der Waals surface area contributed by atoms with Gasteiger partial charge >= 0.3 is 0 Å². The summed E-state index contributed by atoms with van der Waals surface area (Å²) in [5.74, 6) is 0.279. The number of anilines is 1. The first-order chi connectivity index (χ1) is 13.8. The van der Waals surface area contributed by atoms with E-state index in [2.05, 4.69) is 27.9 Å². The van der Waals surface area contributed by atoms with Crippen LogP contribution in [0.2, 0.25) is 5.02 Å². The standard InChI is InChI=1S/C19H15ClIN3O5/c1-3-29-18-15(21)7-11(8-17(18)28-2)6-12(10-22)19(25)23-16-9-13(24(26)27)4-5-14(16)20/h4-9H,3H2,1-2H3,(H,23,25)/b12-6+. The van der Waals surface area contributed by atoms with Crippen molar-refractivity contribution in [3.8, 4) is 17.6 Å². The minimum atomic E-state index is -0.752. The van der Waals surface area contributed by atoms with Crippen LogP contribution in [-0.2, 0) is 4.79 Å². The van der Waals surface area contributed by atoms with E-state index < -0.39 is 10.8 Å². The van der Waals surface area contributed by atoms with Crippen molar-refractivity contribution >= 4 is 57.5 Å². The SMILES string of the molecule is CCOc1c(I)cc(/C=C(\C#N)C(=O)Nc2cc([N+](=O)[O-])ccc2Cl)cc1OC. The predicted molar refractivity (Wildman–Crippen MR) is 117 cm³/mol. The molecule has 8 nitrogen and oxygen atoms in total. The quantitative estimate of drug-likeness (QED) is 0.182. The molecule has 0 aliphatic rings. The number of hydrogen-bond acceptors (Lipinski definition) is 6. The molecule has 0 fully saturated rings. The van der Waals surface area contributed by atoms with E-state index in [1.807, 2.05) is 13.0 Å². The Morgan fingerprint density at radius 2 is 2.14 bits per heavy atom. The molecule has 0 radical (unpaired) electrons. The number of halogens is 2. The molecule has 0 atom stereocenters. The van der Waals surface area contributed by atoms with Crippen molar-refractivity contribution in [2.24, 2.45) is 0 Å². The number of nitro groups is 1. The van der Waals surface area contributed by atoms with Crippen molar-refractivity contribution in [1.29, 1.82) is 5.26 Å². The minimum absolute atomic E-state index is 0.0332. The number of methoxy groups -OCH3 is 1. The molecule has 2 aromatic carbocycles. The zero-order chi connectivity index (χ0) is 21.6. The number of carbonyl (C=O) groups is 1. The maximum absolute atomic E-state index is 12.5. The molecule has 2 aromatic rings. The van der Waals surface area contributed by atoms with Gasteiger partial charge in [0.2, 0.25) is 0 Å². The van der Waals surface area contributed by atoms with Crippen LogP contribution >= 0.6 is 34.2 Å². The zero-order valence-electron chi connectivity index (χ0n) is 15.4. The molecule has 0 aliphatic heterocycles. The number of hydrogen-bond donors (Lipinski definition) is 1. The smallest absolute Gasteiger partial charge is 0.271 e. The maximum atomic E-state index is 12.5. The summed E-state index contributed by atoms with van der Waals surface area (Å²) in [5.41, 5.74) is 0.130. The van der Waals surface area contributed by atoms with E-state index in [-0.39, 0.29) is 22.0 Å². The van der Waals surface area contributed by atoms with Gasteiger partial charge in [-0.05, 0) is 59.4 Å². The van der Waals surface area contributed by atoms with Crippen molar-refractivity contribution in [2.45, 2.75) is 6.92 Å². The van der Waals surface area contributed by atoms with Gasteiger partial charge in [0.15, 0.2) is 11.5 Å². The Kier molecular flexibility index (Phi) is 7.81. The Morgan fingerprint density at radius 3 is 2.72 bits per heavy atom. The second kappa shape index (κ2) is 10.1. The van der Waals surface area contributed by atoms with Crippen molar-refractivity contribution < 1.29 is 19.2 Å². The molecule has 1 N–H and O–H groups in total. The van der Waals surface area contributed by atoms with Crippen LogP contribution in [-0.4, -0.2) is 24.5 Å². The lowest BCUT2D eigenvalue weighted by Crippen LogP contribution is -2.14. The number of benzene rings is 2. The third kappa shape index (κ3) is 5.58. The van der Waals surface area contributed by atoms with E-state index in [0.717, 1.165) is 9.64 Å². The first-order valence-electron chi connectivity index (χ1n) is 8.18. The number of ether oxygens (including phenoxy) is 2. The Morgan fingerprint density at radius 1 is 1.41 bits per heavy atom. The first-order valence-corrected chi connectivity index (χ1v) is 9.63. The van der Waals surface area contributed by atoms with Gasteiger partial charge in [-0.25, -0.2) is 0 Å². The lowest BCUT2D eigenvalue weighted by Gasteiger charge is -2.12. The molecule has 0 bridgehead atoms. The minimum Gasteiger partial charge on any atom is -0.493 e. The Labute approximate surface area is 185 Å². The second-order valence-corrected chi connectivity index (χ2v) is 7.08. The van der Waals surface area contributed by atoms with Gasteiger partial charge in [0.1, 0.15) is 11.6 Å². The molecule has 0 saturated carbocycles. The maximum Gasteiger partial charge on any atom is 0.271 e. The van der Waals surface area contributed by atoms with E-state index in [1.54, 1.807) is 12.1 Å².